The number of benzene rings is 1. The smallest absolute Gasteiger partial charge is 0.226 e. The Kier molecular flexibility index (Phi) is 5.15. The van der Waals surface area contributed by atoms with Crippen LogP contribution < -0.4 is 5.32 Å². The highest BCUT2D eigenvalue weighted by Gasteiger charge is 2.10. The summed E-state index contributed by atoms with van der Waals surface area (Å²) in [4.78, 5) is 16.3. The van der Waals surface area contributed by atoms with Crippen LogP contribution in [0.4, 0.5) is 0 Å². The topological polar surface area (TPSA) is 42.0 Å². The third kappa shape index (κ3) is 4.05. The molecule has 2 aromatic rings. The van der Waals surface area contributed by atoms with Gasteiger partial charge in [0.15, 0.2) is 0 Å². The summed E-state index contributed by atoms with van der Waals surface area (Å²) in [7, 11) is 0. The van der Waals surface area contributed by atoms with E-state index in [1.54, 1.807) is 11.3 Å². The maximum atomic E-state index is 11.8. The summed E-state index contributed by atoms with van der Waals surface area (Å²) in [5.74, 6) is 0.0207. The molecule has 1 aromatic heterocycles. The van der Waals surface area contributed by atoms with E-state index in [1.807, 2.05) is 43.5 Å². The zero-order valence-electron chi connectivity index (χ0n) is 11.5. The Morgan fingerprint density at radius 3 is 2.75 bits per heavy atom. The van der Waals surface area contributed by atoms with Crippen molar-refractivity contribution >= 4 is 28.8 Å². The van der Waals surface area contributed by atoms with Crippen molar-refractivity contribution in [2.24, 2.45) is 0 Å². The predicted molar refractivity (Wildman–Crippen MR) is 84.2 cm³/mol. The van der Waals surface area contributed by atoms with Crippen molar-refractivity contribution in [2.75, 3.05) is 0 Å². The van der Waals surface area contributed by atoms with Gasteiger partial charge in [-0.2, -0.15) is 0 Å². The molecule has 0 spiro atoms. The first kappa shape index (κ1) is 15.0. The molecule has 20 heavy (non-hydrogen) atoms. The van der Waals surface area contributed by atoms with Crippen LogP contribution in [0.15, 0.2) is 29.6 Å². The molecule has 1 heterocycles. The largest absolute Gasteiger partial charge is 0.353 e. The lowest BCUT2D eigenvalue weighted by molar-refractivity contribution is -0.121. The van der Waals surface area contributed by atoms with Gasteiger partial charge in [-0.05, 0) is 25.5 Å². The summed E-state index contributed by atoms with van der Waals surface area (Å²) in [6.45, 7) is 4.05. The third-order valence-corrected chi connectivity index (χ3v) is 4.20. The number of nitrogens with zero attached hydrogens (tertiary/aromatic N) is 1. The Morgan fingerprint density at radius 1 is 1.40 bits per heavy atom. The monoisotopic (exact) mass is 308 g/mol. The van der Waals surface area contributed by atoms with Crippen LogP contribution in [0.5, 0.6) is 0 Å². The Hall–Kier alpha value is -1.39. The van der Waals surface area contributed by atoms with E-state index in [4.69, 9.17) is 11.6 Å². The van der Waals surface area contributed by atoms with Crippen molar-refractivity contribution in [1.29, 1.82) is 0 Å². The van der Waals surface area contributed by atoms with Gasteiger partial charge in [-0.25, -0.2) is 4.98 Å². The van der Waals surface area contributed by atoms with Crippen molar-refractivity contribution in [3.63, 3.8) is 0 Å². The van der Waals surface area contributed by atoms with Crippen molar-refractivity contribution in [3.05, 3.63) is 40.4 Å². The lowest BCUT2D eigenvalue weighted by Gasteiger charge is -2.10. The van der Waals surface area contributed by atoms with Crippen LogP contribution >= 0.6 is 22.9 Å². The van der Waals surface area contributed by atoms with Gasteiger partial charge in [-0.1, -0.05) is 30.7 Å². The van der Waals surface area contributed by atoms with E-state index in [-0.39, 0.29) is 11.9 Å². The van der Waals surface area contributed by atoms with Gasteiger partial charge in [0, 0.05) is 22.0 Å². The molecule has 0 saturated heterocycles. The fourth-order valence-corrected chi connectivity index (χ4v) is 2.66. The zero-order valence-corrected chi connectivity index (χ0v) is 13.1. The molecule has 3 nitrogen and oxygen atoms in total. The van der Waals surface area contributed by atoms with Gasteiger partial charge in [-0.15, -0.1) is 11.3 Å². The number of rotatable bonds is 5. The molecule has 106 valence electrons. The maximum Gasteiger partial charge on any atom is 0.226 e. The Labute approximate surface area is 128 Å². The highest BCUT2D eigenvalue weighted by molar-refractivity contribution is 7.13. The van der Waals surface area contributed by atoms with E-state index in [0.29, 0.717) is 11.4 Å². The van der Waals surface area contributed by atoms with Crippen LogP contribution in [-0.4, -0.2) is 16.9 Å². The van der Waals surface area contributed by atoms with Crippen LogP contribution in [0.25, 0.3) is 10.6 Å². The molecule has 0 bridgehead atoms. The number of hydrogen-bond donors (Lipinski definition) is 1. The molecule has 2 rings (SSSR count). The average molecular weight is 309 g/mol. The van der Waals surface area contributed by atoms with Gasteiger partial charge in [0.25, 0.3) is 0 Å². The minimum atomic E-state index is 0.0207. The first-order valence-electron chi connectivity index (χ1n) is 6.58. The van der Waals surface area contributed by atoms with Gasteiger partial charge in [0.1, 0.15) is 5.01 Å². The SMILES string of the molecule is CCC(C)NC(=O)Cc1csc(-c2ccc(Cl)cc2)n1. The number of aromatic nitrogens is 1. The number of amides is 1. The first-order valence-corrected chi connectivity index (χ1v) is 7.84. The van der Waals surface area contributed by atoms with Crippen molar-refractivity contribution < 1.29 is 4.79 Å². The molecule has 0 radical (unpaired) electrons. The normalized spacial score (nSPS) is 12.2. The number of nitrogens with one attached hydrogen (secondary N) is 1. The number of thiazole rings is 1. The van der Waals surface area contributed by atoms with Crippen molar-refractivity contribution in [2.45, 2.75) is 32.7 Å². The van der Waals surface area contributed by atoms with E-state index in [9.17, 15) is 4.79 Å². The molecule has 0 fully saturated rings. The quantitative estimate of drug-likeness (QED) is 0.909. The fourth-order valence-electron chi connectivity index (χ4n) is 1.71. The molecule has 0 saturated carbocycles. The molecular formula is C15H17ClN2OS. The number of carbonyl (C=O) groups excluding carboxylic acids is 1. The Balaban J connectivity index is 2.02. The molecular weight excluding hydrogens is 292 g/mol. The van der Waals surface area contributed by atoms with Crippen LogP contribution in [0, 0.1) is 0 Å². The molecule has 1 aromatic carbocycles. The number of hydrogen-bond acceptors (Lipinski definition) is 3. The molecule has 5 heteroatoms. The van der Waals surface area contributed by atoms with Crippen LogP contribution in [-0.2, 0) is 11.2 Å². The Morgan fingerprint density at radius 2 is 2.10 bits per heavy atom. The predicted octanol–water partition coefficient (Wildman–Crippen LogP) is 3.92. The van der Waals surface area contributed by atoms with Crippen LogP contribution in [0.2, 0.25) is 5.02 Å². The summed E-state index contributed by atoms with van der Waals surface area (Å²) in [6, 6.07) is 7.76. The zero-order chi connectivity index (χ0) is 14.5. The fraction of sp³-hybridized carbons (Fsp3) is 0.333. The van der Waals surface area contributed by atoms with Gasteiger partial charge >= 0.3 is 0 Å². The lowest BCUT2D eigenvalue weighted by Crippen LogP contribution is -2.33. The van der Waals surface area contributed by atoms with E-state index in [0.717, 1.165) is 22.7 Å². The van der Waals surface area contributed by atoms with Gasteiger partial charge in [0.2, 0.25) is 5.91 Å². The number of carbonyl (C=O) groups is 1. The molecule has 1 atom stereocenters. The lowest BCUT2D eigenvalue weighted by atomic mass is 10.2. The molecule has 0 aliphatic heterocycles. The maximum absolute atomic E-state index is 11.8. The van der Waals surface area contributed by atoms with E-state index in [2.05, 4.69) is 10.3 Å². The van der Waals surface area contributed by atoms with Crippen molar-refractivity contribution in [3.8, 4) is 10.6 Å². The second-order valence-electron chi connectivity index (χ2n) is 4.70. The molecule has 1 amide bonds. The van der Waals surface area contributed by atoms with Gasteiger partial charge < -0.3 is 5.32 Å². The van der Waals surface area contributed by atoms with Crippen molar-refractivity contribution in [1.82, 2.24) is 10.3 Å². The molecule has 1 N–H and O–H groups in total. The molecule has 0 aliphatic carbocycles. The van der Waals surface area contributed by atoms with E-state index < -0.39 is 0 Å². The third-order valence-electron chi connectivity index (χ3n) is 3.00. The minimum absolute atomic E-state index is 0.0207. The highest BCUT2D eigenvalue weighted by Crippen LogP contribution is 2.25. The second-order valence-corrected chi connectivity index (χ2v) is 6.00. The van der Waals surface area contributed by atoms with Crippen LogP contribution in [0.3, 0.4) is 0 Å². The molecule has 0 aliphatic rings. The molecule has 1 unspecified atom stereocenters. The van der Waals surface area contributed by atoms with Gasteiger partial charge in [-0.3, -0.25) is 4.79 Å². The van der Waals surface area contributed by atoms with E-state index in [1.165, 1.54) is 0 Å². The standard InChI is InChI=1S/C15H17ClN2OS/c1-3-10(2)17-14(19)8-13-9-20-15(18-13)11-4-6-12(16)7-5-11/h4-7,9-10H,3,8H2,1-2H3,(H,17,19). The van der Waals surface area contributed by atoms with E-state index >= 15 is 0 Å². The second kappa shape index (κ2) is 6.86. The summed E-state index contributed by atoms with van der Waals surface area (Å²) in [5.41, 5.74) is 1.83. The number of halogens is 1. The summed E-state index contributed by atoms with van der Waals surface area (Å²) >= 11 is 7.41. The highest BCUT2D eigenvalue weighted by atomic mass is 35.5. The van der Waals surface area contributed by atoms with Gasteiger partial charge in [0.05, 0.1) is 12.1 Å². The minimum Gasteiger partial charge on any atom is -0.353 e. The summed E-state index contributed by atoms with van der Waals surface area (Å²) < 4.78 is 0. The summed E-state index contributed by atoms with van der Waals surface area (Å²) in [5, 5.41) is 6.49. The Bertz CT molecular complexity index is 580. The summed E-state index contributed by atoms with van der Waals surface area (Å²) in [6.07, 6.45) is 1.26. The first-order chi connectivity index (χ1) is 9.58. The van der Waals surface area contributed by atoms with Crippen LogP contribution in [0.1, 0.15) is 26.0 Å². The average Bonchev–Trinajstić information content (AvgIpc) is 2.87.